The minimum Gasteiger partial charge on any atom is -0.497 e. The van der Waals surface area contributed by atoms with E-state index in [1.807, 2.05) is 18.2 Å². The highest BCUT2D eigenvalue weighted by Crippen LogP contribution is 2.41. The number of methoxy groups -OCH3 is 2. The summed E-state index contributed by atoms with van der Waals surface area (Å²) in [6, 6.07) is 10.4. The van der Waals surface area contributed by atoms with Crippen LogP contribution < -0.4 is 9.47 Å². The van der Waals surface area contributed by atoms with Crippen LogP contribution in [0.1, 0.15) is 16.0 Å². The Kier molecular flexibility index (Phi) is 5.05. The Morgan fingerprint density at radius 3 is 2.45 bits per heavy atom. The van der Waals surface area contributed by atoms with E-state index in [2.05, 4.69) is 31.9 Å². The van der Waals surface area contributed by atoms with Gasteiger partial charge in [0, 0.05) is 21.7 Å². The Hall–Kier alpha value is -1.07. The van der Waals surface area contributed by atoms with Crippen LogP contribution in [0.15, 0.2) is 40.9 Å². The zero-order chi connectivity index (χ0) is 14.7. The topological polar surface area (TPSA) is 18.5 Å². The largest absolute Gasteiger partial charge is 0.497 e. The zero-order valence-corrected chi connectivity index (χ0v) is 14.2. The lowest BCUT2D eigenvalue weighted by molar-refractivity contribution is 0.391. The summed E-state index contributed by atoms with van der Waals surface area (Å²) in [4.78, 5) is -0.320. The van der Waals surface area contributed by atoms with Crippen LogP contribution in [0.2, 0.25) is 0 Å². The molecule has 1 unspecified atom stereocenters. The predicted molar refractivity (Wildman–Crippen MR) is 84.4 cm³/mol. The van der Waals surface area contributed by atoms with Crippen molar-refractivity contribution in [1.82, 2.24) is 0 Å². The lowest BCUT2D eigenvalue weighted by atomic mass is 10.0. The molecule has 2 aromatic carbocycles. The number of rotatable bonds is 4. The average Bonchev–Trinajstić information content (AvgIpc) is 2.46. The van der Waals surface area contributed by atoms with Crippen LogP contribution in [0.3, 0.4) is 0 Å². The molecule has 0 spiro atoms. The van der Waals surface area contributed by atoms with Crippen LogP contribution in [0, 0.1) is 5.82 Å². The molecule has 0 N–H and O–H groups in total. The maximum absolute atomic E-state index is 14.0. The monoisotopic (exact) mass is 402 g/mol. The summed E-state index contributed by atoms with van der Waals surface area (Å²) in [7, 11) is 3.17. The molecule has 0 amide bonds. The van der Waals surface area contributed by atoms with E-state index in [1.165, 1.54) is 6.07 Å². The number of halogens is 3. The van der Waals surface area contributed by atoms with Crippen molar-refractivity contribution in [2.75, 3.05) is 14.2 Å². The molecule has 0 radical (unpaired) electrons. The second-order valence-corrected chi connectivity index (χ2v) is 5.88. The van der Waals surface area contributed by atoms with E-state index in [-0.39, 0.29) is 10.6 Å². The fourth-order valence-electron chi connectivity index (χ4n) is 1.94. The summed E-state index contributed by atoms with van der Waals surface area (Å²) in [5.74, 6) is 1.05. The van der Waals surface area contributed by atoms with E-state index in [1.54, 1.807) is 26.4 Å². The highest BCUT2D eigenvalue weighted by Gasteiger charge is 2.21. The molecule has 1 atom stereocenters. The van der Waals surface area contributed by atoms with Gasteiger partial charge in [0.2, 0.25) is 0 Å². The molecule has 2 nitrogen and oxygen atoms in total. The summed E-state index contributed by atoms with van der Waals surface area (Å²) in [5.41, 5.74) is 1.37. The van der Waals surface area contributed by atoms with Crippen LogP contribution in [-0.4, -0.2) is 14.2 Å². The SMILES string of the molecule is COc1ccc(C(Br)c2c(F)cccc2Br)c(OC)c1. The van der Waals surface area contributed by atoms with Gasteiger partial charge in [0.1, 0.15) is 17.3 Å². The van der Waals surface area contributed by atoms with Gasteiger partial charge in [-0.3, -0.25) is 0 Å². The van der Waals surface area contributed by atoms with Crippen molar-refractivity contribution in [2.24, 2.45) is 0 Å². The number of hydrogen-bond acceptors (Lipinski definition) is 2. The molecule has 0 aliphatic carbocycles. The van der Waals surface area contributed by atoms with E-state index in [4.69, 9.17) is 9.47 Å². The molecule has 0 saturated heterocycles. The molecule has 20 heavy (non-hydrogen) atoms. The number of ether oxygens (including phenoxy) is 2. The van der Waals surface area contributed by atoms with Gasteiger partial charge in [-0.15, -0.1) is 0 Å². The molecular formula is C15H13Br2FO2. The second kappa shape index (κ2) is 6.59. The quantitative estimate of drug-likeness (QED) is 0.662. The number of alkyl halides is 1. The van der Waals surface area contributed by atoms with E-state index >= 15 is 0 Å². The highest BCUT2D eigenvalue weighted by atomic mass is 79.9. The van der Waals surface area contributed by atoms with Crippen molar-refractivity contribution in [3.05, 3.63) is 57.8 Å². The molecule has 0 fully saturated rings. The van der Waals surface area contributed by atoms with Crippen molar-refractivity contribution in [2.45, 2.75) is 4.83 Å². The summed E-state index contributed by atoms with van der Waals surface area (Å²) in [5, 5.41) is 0. The van der Waals surface area contributed by atoms with Gasteiger partial charge < -0.3 is 9.47 Å². The summed E-state index contributed by atoms with van der Waals surface area (Å²) in [6.45, 7) is 0. The number of hydrogen-bond donors (Lipinski definition) is 0. The number of benzene rings is 2. The first kappa shape index (κ1) is 15.3. The maximum atomic E-state index is 14.0. The Morgan fingerprint density at radius 2 is 1.85 bits per heavy atom. The van der Waals surface area contributed by atoms with Crippen molar-refractivity contribution < 1.29 is 13.9 Å². The molecule has 5 heteroatoms. The van der Waals surface area contributed by atoms with Crippen LogP contribution >= 0.6 is 31.9 Å². The van der Waals surface area contributed by atoms with Gasteiger partial charge >= 0.3 is 0 Å². The van der Waals surface area contributed by atoms with Crippen LogP contribution in [0.25, 0.3) is 0 Å². The standard InChI is InChI=1S/C15H13Br2FO2/c1-19-9-6-7-10(13(8-9)20-2)15(17)14-11(16)4-3-5-12(14)18/h3-8,15H,1-2H3. The Bertz CT molecular complexity index is 597. The first-order chi connectivity index (χ1) is 9.58. The third-order valence-electron chi connectivity index (χ3n) is 2.97. The minimum atomic E-state index is -0.320. The van der Waals surface area contributed by atoms with E-state index in [0.29, 0.717) is 21.5 Å². The van der Waals surface area contributed by atoms with E-state index in [9.17, 15) is 4.39 Å². The fourth-order valence-corrected chi connectivity index (χ4v) is 3.66. The first-order valence-corrected chi connectivity index (χ1v) is 7.59. The summed E-state index contributed by atoms with van der Waals surface area (Å²) < 4.78 is 25.3. The lowest BCUT2D eigenvalue weighted by Gasteiger charge is -2.17. The maximum Gasteiger partial charge on any atom is 0.129 e. The van der Waals surface area contributed by atoms with Crippen LogP contribution in [-0.2, 0) is 0 Å². The first-order valence-electron chi connectivity index (χ1n) is 5.88. The van der Waals surface area contributed by atoms with Crippen LogP contribution in [0.5, 0.6) is 11.5 Å². The van der Waals surface area contributed by atoms with Gasteiger partial charge in [-0.1, -0.05) is 44.0 Å². The summed E-state index contributed by atoms with van der Waals surface area (Å²) >= 11 is 6.93. The van der Waals surface area contributed by atoms with Gasteiger partial charge in [-0.05, 0) is 18.2 Å². The van der Waals surface area contributed by atoms with Gasteiger partial charge in [-0.2, -0.15) is 0 Å². The Morgan fingerprint density at radius 1 is 1.10 bits per heavy atom. The molecule has 0 bridgehead atoms. The van der Waals surface area contributed by atoms with Crippen molar-refractivity contribution in [1.29, 1.82) is 0 Å². The zero-order valence-electron chi connectivity index (χ0n) is 11.0. The lowest BCUT2D eigenvalue weighted by Crippen LogP contribution is -2.01. The van der Waals surface area contributed by atoms with Gasteiger partial charge in [-0.25, -0.2) is 4.39 Å². The third-order valence-corrected chi connectivity index (χ3v) is 4.61. The van der Waals surface area contributed by atoms with Gasteiger partial charge in [0.25, 0.3) is 0 Å². The molecule has 2 aromatic rings. The Labute approximate surface area is 134 Å². The predicted octanol–water partition coefficient (Wildman–Crippen LogP) is 5.09. The normalized spacial score (nSPS) is 12.1. The average molecular weight is 404 g/mol. The summed E-state index contributed by atoms with van der Waals surface area (Å²) in [6.07, 6.45) is 0. The van der Waals surface area contributed by atoms with Crippen molar-refractivity contribution in [3.8, 4) is 11.5 Å². The highest BCUT2D eigenvalue weighted by molar-refractivity contribution is 9.11. The van der Waals surface area contributed by atoms with Gasteiger partial charge in [0.15, 0.2) is 0 Å². The molecule has 0 saturated carbocycles. The smallest absolute Gasteiger partial charge is 0.129 e. The Balaban J connectivity index is 2.50. The molecule has 0 aliphatic heterocycles. The van der Waals surface area contributed by atoms with Crippen molar-refractivity contribution >= 4 is 31.9 Å². The van der Waals surface area contributed by atoms with E-state index < -0.39 is 0 Å². The van der Waals surface area contributed by atoms with E-state index in [0.717, 1.165) is 5.56 Å². The molecule has 0 aliphatic rings. The van der Waals surface area contributed by atoms with Crippen molar-refractivity contribution in [3.63, 3.8) is 0 Å². The third kappa shape index (κ3) is 2.99. The molecule has 106 valence electrons. The minimum absolute atomic E-state index is 0.279. The second-order valence-electron chi connectivity index (χ2n) is 4.11. The van der Waals surface area contributed by atoms with Gasteiger partial charge in [0.05, 0.1) is 19.0 Å². The molecular weight excluding hydrogens is 391 g/mol. The molecule has 0 aromatic heterocycles. The molecule has 0 heterocycles. The van der Waals surface area contributed by atoms with Crippen LogP contribution in [0.4, 0.5) is 4.39 Å². The molecule has 2 rings (SSSR count). The fraction of sp³-hybridized carbons (Fsp3) is 0.200.